The summed E-state index contributed by atoms with van der Waals surface area (Å²) in [5.41, 5.74) is -1.63. The third-order valence-corrected chi connectivity index (χ3v) is 10.7. The summed E-state index contributed by atoms with van der Waals surface area (Å²) in [5, 5.41) is 17.2. The molecule has 1 aromatic carbocycles. The summed E-state index contributed by atoms with van der Waals surface area (Å²) in [6.45, 7) is 1.50. The second-order valence-corrected chi connectivity index (χ2v) is 13.6. The molecule has 51 heavy (non-hydrogen) atoms. The minimum atomic E-state index is -4.63. The Morgan fingerprint density at radius 1 is 1.24 bits per heavy atom. The molecule has 2 fully saturated rings. The second kappa shape index (κ2) is 11.8. The SMILES string of the molecule is Cc1ncnc(C(=O)N2CC[C@]3(c4c(n(CC(=O)Nc5ccc(C(F)(F)F)cc5Cl)c5nc(C6=CCOCC6)nn5c4=O)C4CC43)[C@H](F)C2)c1O. The summed E-state index contributed by atoms with van der Waals surface area (Å²) < 4.78 is 64.5. The lowest BCUT2D eigenvalue weighted by molar-refractivity contribution is -0.137. The summed E-state index contributed by atoms with van der Waals surface area (Å²) in [6.07, 6.45) is -2.32. The van der Waals surface area contributed by atoms with E-state index < -0.39 is 53.0 Å². The van der Waals surface area contributed by atoms with Gasteiger partial charge in [0.2, 0.25) is 11.7 Å². The van der Waals surface area contributed by atoms with E-state index in [9.17, 15) is 32.7 Å². The first-order valence-electron chi connectivity index (χ1n) is 16.2. The van der Waals surface area contributed by atoms with Crippen LogP contribution in [0.25, 0.3) is 11.4 Å². The van der Waals surface area contributed by atoms with Gasteiger partial charge in [0, 0.05) is 29.1 Å². The first kappa shape index (κ1) is 33.3. The van der Waals surface area contributed by atoms with Crippen LogP contribution in [0.1, 0.15) is 64.0 Å². The molecule has 4 aliphatic rings. The molecule has 4 aromatic rings. The maximum atomic E-state index is 16.8. The Morgan fingerprint density at radius 2 is 2.04 bits per heavy atom. The largest absolute Gasteiger partial charge is 0.504 e. The first-order valence-corrected chi connectivity index (χ1v) is 16.6. The second-order valence-electron chi connectivity index (χ2n) is 13.2. The molecular weight excluding hydrogens is 700 g/mol. The molecule has 0 radical (unpaired) electrons. The van der Waals surface area contributed by atoms with E-state index in [4.69, 9.17) is 16.3 Å². The van der Waals surface area contributed by atoms with E-state index in [0.717, 1.165) is 28.5 Å². The lowest BCUT2D eigenvalue weighted by Crippen LogP contribution is -2.55. The minimum Gasteiger partial charge on any atom is -0.504 e. The van der Waals surface area contributed by atoms with E-state index in [0.29, 0.717) is 37.8 Å². The summed E-state index contributed by atoms with van der Waals surface area (Å²) in [5.74, 6) is -2.03. The Balaban J connectivity index is 1.19. The number of nitrogens with one attached hydrogen (secondary N) is 1. The predicted octanol–water partition coefficient (Wildman–Crippen LogP) is 4.05. The van der Waals surface area contributed by atoms with Crippen LogP contribution in [-0.2, 0) is 27.7 Å². The van der Waals surface area contributed by atoms with E-state index >= 15 is 4.39 Å². The van der Waals surface area contributed by atoms with Gasteiger partial charge in [-0.2, -0.15) is 22.7 Å². The predicted molar refractivity (Wildman–Crippen MR) is 172 cm³/mol. The number of ether oxygens (including phenoxy) is 1. The zero-order chi connectivity index (χ0) is 36.0. The number of anilines is 1. The van der Waals surface area contributed by atoms with Gasteiger partial charge in [-0.3, -0.25) is 14.4 Å². The number of alkyl halides is 4. The van der Waals surface area contributed by atoms with Crippen LogP contribution in [-0.4, -0.2) is 83.4 Å². The highest BCUT2D eigenvalue weighted by atomic mass is 35.5. The Morgan fingerprint density at radius 3 is 2.75 bits per heavy atom. The number of hydrogen-bond donors (Lipinski definition) is 2. The van der Waals surface area contributed by atoms with Crippen molar-refractivity contribution >= 4 is 40.5 Å². The van der Waals surface area contributed by atoms with E-state index in [1.165, 1.54) is 16.4 Å². The van der Waals surface area contributed by atoms with Crippen molar-refractivity contribution in [2.24, 2.45) is 5.92 Å². The summed E-state index contributed by atoms with van der Waals surface area (Å²) >= 11 is 6.12. The van der Waals surface area contributed by atoms with Gasteiger partial charge in [0.05, 0.1) is 41.7 Å². The van der Waals surface area contributed by atoms with E-state index in [1.807, 2.05) is 0 Å². The number of nitrogens with zero attached hydrogens (tertiary/aromatic N) is 7. The van der Waals surface area contributed by atoms with Crippen molar-refractivity contribution in [3.63, 3.8) is 0 Å². The molecule has 1 saturated heterocycles. The van der Waals surface area contributed by atoms with E-state index in [1.54, 1.807) is 6.08 Å². The van der Waals surface area contributed by atoms with Gasteiger partial charge in [-0.15, -0.1) is 5.10 Å². The monoisotopic (exact) mass is 728 g/mol. The molecule has 18 heteroatoms. The van der Waals surface area contributed by atoms with Gasteiger partial charge < -0.3 is 24.6 Å². The highest BCUT2D eigenvalue weighted by molar-refractivity contribution is 6.33. The maximum Gasteiger partial charge on any atom is 0.416 e. The first-order chi connectivity index (χ1) is 24.3. The molecular formula is C33H29ClF4N8O5. The van der Waals surface area contributed by atoms with Crippen LogP contribution in [0.2, 0.25) is 5.02 Å². The van der Waals surface area contributed by atoms with Crippen molar-refractivity contribution < 1.29 is 37.0 Å². The number of hydrogen-bond acceptors (Lipinski definition) is 9. The van der Waals surface area contributed by atoms with Crippen molar-refractivity contribution in [1.29, 1.82) is 0 Å². The van der Waals surface area contributed by atoms with Crippen molar-refractivity contribution in [2.45, 2.75) is 56.4 Å². The Bertz CT molecular complexity index is 2240. The lowest BCUT2D eigenvalue weighted by atomic mass is 9.70. The van der Waals surface area contributed by atoms with Gasteiger partial charge in [-0.1, -0.05) is 17.7 Å². The van der Waals surface area contributed by atoms with Gasteiger partial charge in [-0.25, -0.2) is 14.4 Å². The number of carbonyl (C=O) groups excluding carboxylic acids is 2. The average Bonchev–Trinajstić information content (AvgIpc) is 3.67. The fourth-order valence-corrected chi connectivity index (χ4v) is 8.11. The zero-order valence-electron chi connectivity index (χ0n) is 26.9. The molecule has 1 saturated carbocycles. The van der Waals surface area contributed by atoms with Crippen LogP contribution in [0.4, 0.5) is 23.2 Å². The van der Waals surface area contributed by atoms with Crippen molar-refractivity contribution in [3.05, 3.63) is 80.0 Å². The third kappa shape index (κ3) is 5.27. The number of piperidine rings is 1. The molecule has 2 N–H and O–H groups in total. The number of carbonyl (C=O) groups is 2. The van der Waals surface area contributed by atoms with E-state index in [-0.39, 0.29) is 70.6 Å². The van der Waals surface area contributed by atoms with Gasteiger partial charge in [0.1, 0.15) is 19.0 Å². The fourth-order valence-electron chi connectivity index (χ4n) is 7.88. The standard InChI is InChI=1S/C33H29ClF4N8O5/c1-15-27(48)25(40-14-39-15)30(50)44-7-6-32(22(35)12-44)19-11-18(19)26-24(32)29(49)46-31(42-28(43-46)16-4-8-51-9-5-16)45(26)13-23(47)41-21-3-2-17(10-20(21)34)33(36,37)38/h2-4,10,14,18-19,22,48H,5-9,11-13H2,1H3,(H,41,47)/t18?,19?,22-,32-/m1/s1. The van der Waals surface area contributed by atoms with Gasteiger partial charge in [0.25, 0.3) is 11.5 Å². The molecule has 5 heterocycles. The number of fused-ring (bicyclic) bond motifs is 6. The van der Waals surface area contributed by atoms with Crippen molar-refractivity contribution in [1.82, 2.24) is 34.0 Å². The van der Waals surface area contributed by atoms with Crippen molar-refractivity contribution in [3.8, 4) is 5.75 Å². The molecule has 13 nitrogen and oxygen atoms in total. The van der Waals surface area contributed by atoms with Crippen LogP contribution in [0.5, 0.6) is 5.75 Å². The smallest absolute Gasteiger partial charge is 0.416 e. The molecule has 1 spiro atoms. The number of likely N-dealkylation sites (tertiary alicyclic amines) is 1. The van der Waals surface area contributed by atoms with Crippen LogP contribution in [0.15, 0.2) is 35.4 Å². The topological polar surface area (TPSA) is 157 Å². The Hall–Kier alpha value is -4.90. The highest BCUT2D eigenvalue weighted by Crippen LogP contribution is 2.68. The minimum absolute atomic E-state index is 0.0511. The number of aromatic nitrogens is 6. The van der Waals surface area contributed by atoms with Crippen LogP contribution in [0.3, 0.4) is 0 Å². The third-order valence-electron chi connectivity index (χ3n) is 10.4. The number of rotatable bonds is 5. The molecule has 2 amide bonds. The normalized spacial score (nSPS) is 24.0. The summed E-state index contributed by atoms with van der Waals surface area (Å²) in [6, 6.07) is 2.56. The van der Waals surface area contributed by atoms with E-state index in [2.05, 4.69) is 25.4 Å². The molecule has 2 aliphatic heterocycles. The Kier molecular flexibility index (Phi) is 7.72. The van der Waals surface area contributed by atoms with Gasteiger partial charge in [0.15, 0.2) is 17.3 Å². The molecule has 4 atom stereocenters. The number of halogens is 5. The maximum absolute atomic E-state index is 16.8. The quantitative estimate of drug-likeness (QED) is 0.290. The van der Waals surface area contributed by atoms with Gasteiger partial charge in [-0.05, 0) is 55.9 Å². The van der Waals surface area contributed by atoms with Crippen LogP contribution < -0.4 is 10.9 Å². The molecule has 2 unspecified atom stereocenters. The van der Waals surface area contributed by atoms with Crippen LogP contribution >= 0.6 is 11.6 Å². The molecule has 2 aliphatic carbocycles. The molecule has 266 valence electrons. The highest BCUT2D eigenvalue weighted by Gasteiger charge is 2.68. The van der Waals surface area contributed by atoms with Gasteiger partial charge >= 0.3 is 6.18 Å². The van der Waals surface area contributed by atoms with Crippen molar-refractivity contribution in [2.75, 3.05) is 31.6 Å². The number of aryl methyl sites for hydroxylation is 1. The fraction of sp³-hybridized carbons (Fsp3) is 0.424. The zero-order valence-corrected chi connectivity index (χ0v) is 27.6. The summed E-state index contributed by atoms with van der Waals surface area (Å²) in [4.78, 5) is 55.1. The number of amides is 2. The van der Waals surface area contributed by atoms with Crippen LogP contribution in [0, 0.1) is 12.8 Å². The number of aromatic hydroxyl groups is 1. The lowest BCUT2D eigenvalue weighted by Gasteiger charge is -2.43. The molecule has 0 bridgehead atoms. The molecule has 8 rings (SSSR count). The summed E-state index contributed by atoms with van der Waals surface area (Å²) in [7, 11) is 0. The average molecular weight is 729 g/mol. The number of benzene rings is 1. The molecule has 3 aromatic heterocycles. The Labute approximate surface area is 290 Å².